The fourth-order valence-corrected chi connectivity index (χ4v) is 1.73. The number of carbonyl (C=O) groups excluding carboxylic acids is 1. The summed E-state index contributed by atoms with van der Waals surface area (Å²) in [5.74, 6) is 0.414. The lowest BCUT2D eigenvalue weighted by Crippen LogP contribution is -2.35. The molecule has 0 radical (unpaired) electrons. The fourth-order valence-electron chi connectivity index (χ4n) is 1.73. The number of nitrogens with one attached hydrogen (secondary N) is 3. The number of carbonyl (C=O) groups is 1. The summed E-state index contributed by atoms with van der Waals surface area (Å²) in [6, 6.07) is -0.327. The maximum Gasteiger partial charge on any atom is 0.242 e. The van der Waals surface area contributed by atoms with Gasteiger partial charge in [-0.1, -0.05) is 0 Å². The van der Waals surface area contributed by atoms with Crippen LogP contribution in [0.1, 0.15) is 17.7 Å². The minimum absolute atomic E-state index is 0.147. The summed E-state index contributed by atoms with van der Waals surface area (Å²) in [5, 5.41) is 21.8. The van der Waals surface area contributed by atoms with Crippen LogP contribution < -0.4 is 10.6 Å². The first-order valence-corrected chi connectivity index (χ1v) is 5.32. The van der Waals surface area contributed by atoms with Crippen LogP contribution in [0.4, 0.5) is 5.82 Å². The van der Waals surface area contributed by atoms with Crippen LogP contribution >= 0.6 is 0 Å². The maximum atomic E-state index is 11.8. The van der Waals surface area contributed by atoms with Gasteiger partial charge in [-0.2, -0.15) is 5.10 Å². The van der Waals surface area contributed by atoms with E-state index >= 15 is 0 Å². The third kappa shape index (κ3) is 2.07. The van der Waals surface area contributed by atoms with Gasteiger partial charge in [0, 0.05) is 17.8 Å². The van der Waals surface area contributed by atoms with E-state index in [9.17, 15) is 9.90 Å². The van der Waals surface area contributed by atoms with E-state index in [2.05, 4.69) is 20.8 Å². The zero-order valence-corrected chi connectivity index (χ0v) is 9.37. The van der Waals surface area contributed by atoms with Gasteiger partial charge in [0.1, 0.15) is 0 Å². The molecule has 88 valence electrons. The first-order valence-electron chi connectivity index (χ1n) is 5.32. The van der Waals surface area contributed by atoms with Crippen LogP contribution in [0, 0.1) is 13.8 Å². The number of aliphatic hydroxyl groups excluding tert-OH is 1. The van der Waals surface area contributed by atoms with Crippen LogP contribution in [0.15, 0.2) is 0 Å². The summed E-state index contributed by atoms with van der Waals surface area (Å²) in [6.45, 7) is 4.26. The highest BCUT2D eigenvalue weighted by atomic mass is 16.3. The minimum atomic E-state index is -0.433. The molecule has 0 bridgehead atoms. The van der Waals surface area contributed by atoms with Crippen molar-refractivity contribution in [2.45, 2.75) is 32.4 Å². The molecule has 0 aromatic carbocycles. The molecule has 6 heteroatoms. The number of aryl methyl sites for hydroxylation is 1. The Morgan fingerprint density at radius 2 is 2.31 bits per heavy atom. The second kappa shape index (κ2) is 4.23. The van der Waals surface area contributed by atoms with Crippen molar-refractivity contribution in [2.24, 2.45) is 0 Å². The number of aliphatic hydroxyl groups is 1. The number of nitrogens with zero attached hydrogens (tertiary/aromatic N) is 1. The van der Waals surface area contributed by atoms with E-state index in [1.54, 1.807) is 0 Å². The molecule has 4 N–H and O–H groups in total. The molecule has 2 rings (SSSR count). The lowest BCUT2D eigenvalue weighted by molar-refractivity contribution is -0.118. The van der Waals surface area contributed by atoms with Gasteiger partial charge in [0.2, 0.25) is 5.91 Å². The van der Waals surface area contributed by atoms with Crippen molar-refractivity contribution in [3.63, 3.8) is 0 Å². The Balaban J connectivity index is 2.00. The molecular weight excluding hydrogens is 208 g/mol. The van der Waals surface area contributed by atoms with Crippen molar-refractivity contribution in [3.8, 4) is 0 Å². The summed E-state index contributed by atoms with van der Waals surface area (Å²) < 4.78 is 0. The lowest BCUT2D eigenvalue weighted by Gasteiger charge is -2.09. The van der Waals surface area contributed by atoms with Crippen LogP contribution in [0.5, 0.6) is 0 Å². The van der Waals surface area contributed by atoms with Gasteiger partial charge in [-0.05, 0) is 20.3 Å². The Labute approximate surface area is 93.4 Å². The first kappa shape index (κ1) is 11.1. The molecule has 1 saturated heterocycles. The zero-order valence-electron chi connectivity index (χ0n) is 9.37. The average molecular weight is 224 g/mol. The molecule has 2 unspecified atom stereocenters. The van der Waals surface area contributed by atoms with E-state index in [-0.39, 0.29) is 11.9 Å². The number of H-pyrrole nitrogens is 1. The number of anilines is 1. The van der Waals surface area contributed by atoms with Gasteiger partial charge in [-0.3, -0.25) is 9.89 Å². The Kier molecular flexibility index (Phi) is 2.93. The second-order valence-corrected chi connectivity index (χ2v) is 4.16. The molecule has 1 fully saturated rings. The van der Waals surface area contributed by atoms with Gasteiger partial charge < -0.3 is 15.7 Å². The molecule has 1 aliphatic heterocycles. The SMILES string of the molecule is Cc1[nH]nc(NC(=O)C2CC(O)CN2)c1C. The van der Waals surface area contributed by atoms with Crippen molar-refractivity contribution >= 4 is 11.7 Å². The molecule has 0 saturated carbocycles. The molecule has 1 amide bonds. The van der Waals surface area contributed by atoms with E-state index in [1.165, 1.54) is 0 Å². The van der Waals surface area contributed by atoms with Crippen molar-refractivity contribution in [3.05, 3.63) is 11.3 Å². The average Bonchev–Trinajstić information content (AvgIpc) is 2.79. The number of hydrogen-bond donors (Lipinski definition) is 4. The quantitative estimate of drug-likeness (QED) is 0.554. The molecule has 1 aliphatic rings. The van der Waals surface area contributed by atoms with Crippen molar-refractivity contribution in [2.75, 3.05) is 11.9 Å². The van der Waals surface area contributed by atoms with Gasteiger partial charge in [0.05, 0.1) is 12.1 Å². The number of hydrogen-bond acceptors (Lipinski definition) is 4. The Bertz CT molecular complexity index is 402. The van der Waals surface area contributed by atoms with Crippen molar-refractivity contribution in [1.29, 1.82) is 0 Å². The van der Waals surface area contributed by atoms with Crippen molar-refractivity contribution < 1.29 is 9.90 Å². The summed E-state index contributed by atoms with van der Waals surface area (Å²) in [5.41, 5.74) is 1.88. The second-order valence-electron chi connectivity index (χ2n) is 4.16. The Morgan fingerprint density at radius 1 is 1.56 bits per heavy atom. The van der Waals surface area contributed by atoms with Crippen LogP contribution in [0.2, 0.25) is 0 Å². The number of amides is 1. The molecule has 2 heterocycles. The molecule has 0 spiro atoms. The standard InChI is InChI=1S/C10H16N4O2/c1-5-6(2)13-14-9(5)12-10(16)8-3-7(15)4-11-8/h7-8,11,15H,3-4H2,1-2H3,(H2,12,13,14,16). The predicted molar refractivity (Wildman–Crippen MR) is 59.1 cm³/mol. The van der Waals surface area contributed by atoms with E-state index in [4.69, 9.17) is 0 Å². The topological polar surface area (TPSA) is 90.0 Å². The van der Waals surface area contributed by atoms with Crippen LogP contribution in [0.25, 0.3) is 0 Å². The summed E-state index contributed by atoms with van der Waals surface area (Å²) in [4.78, 5) is 11.8. The number of aromatic amines is 1. The highest BCUT2D eigenvalue weighted by Crippen LogP contribution is 2.15. The highest BCUT2D eigenvalue weighted by molar-refractivity contribution is 5.94. The first-order chi connectivity index (χ1) is 7.58. The summed E-state index contributed by atoms with van der Waals surface area (Å²) in [7, 11) is 0. The zero-order chi connectivity index (χ0) is 11.7. The smallest absolute Gasteiger partial charge is 0.242 e. The van der Waals surface area contributed by atoms with Crippen LogP contribution in [-0.2, 0) is 4.79 Å². The largest absolute Gasteiger partial charge is 0.392 e. The number of rotatable bonds is 2. The predicted octanol–water partition coefficient (Wildman–Crippen LogP) is -0.312. The summed E-state index contributed by atoms with van der Waals surface area (Å²) >= 11 is 0. The van der Waals surface area contributed by atoms with Gasteiger partial charge in [-0.25, -0.2) is 0 Å². The lowest BCUT2D eigenvalue weighted by atomic mass is 10.2. The third-order valence-corrected chi connectivity index (χ3v) is 2.92. The highest BCUT2D eigenvalue weighted by Gasteiger charge is 2.28. The molecule has 6 nitrogen and oxygen atoms in total. The van der Waals surface area contributed by atoms with E-state index in [0.717, 1.165) is 11.3 Å². The van der Waals surface area contributed by atoms with E-state index in [1.807, 2.05) is 13.8 Å². The number of aromatic nitrogens is 2. The van der Waals surface area contributed by atoms with Gasteiger partial charge in [0.25, 0.3) is 0 Å². The molecule has 1 aromatic heterocycles. The van der Waals surface area contributed by atoms with E-state index in [0.29, 0.717) is 18.8 Å². The molecular formula is C10H16N4O2. The third-order valence-electron chi connectivity index (χ3n) is 2.92. The van der Waals surface area contributed by atoms with Crippen molar-refractivity contribution in [1.82, 2.24) is 15.5 Å². The minimum Gasteiger partial charge on any atom is -0.392 e. The summed E-state index contributed by atoms with van der Waals surface area (Å²) in [6.07, 6.45) is 0.0200. The fraction of sp³-hybridized carbons (Fsp3) is 0.600. The Hall–Kier alpha value is -1.40. The van der Waals surface area contributed by atoms with Gasteiger partial charge >= 0.3 is 0 Å². The molecule has 16 heavy (non-hydrogen) atoms. The molecule has 1 aromatic rings. The Morgan fingerprint density at radius 3 is 2.81 bits per heavy atom. The van der Waals surface area contributed by atoms with Gasteiger partial charge in [0.15, 0.2) is 5.82 Å². The molecule has 0 aliphatic carbocycles. The monoisotopic (exact) mass is 224 g/mol. The van der Waals surface area contributed by atoms with Crippen LogP contribution in [-0.4, -0.2) is 39.9 Å². The molecule has 2 atom stereocenters. The number of β-amino-alcohol motifs (C(OH)–C–C–N with tert-alkyl or cyclic N) is 1. The van der Waals surface area contributed by atoms with E-state index < -0.39 is 6.10 Å². The normalized spacial score (nSPS) is 24.7. The maximum absolute atomic E-state index is 11.8. The van der Waals surface area contributed by atoms with Crippen LogP contribution in [0.3, 0.4) is 0 Å². The van der Waals surface area contributed by atoms with Gasteiger partial charge in [-0.15, -0.1) is 0 Å².